The fraction of sp³-hybridized carbons (Fsp3) is 0.458. The van der Waals surface area contributed by atoms with Crippen LogP contribution in [0.25, 0.3) is 0 Å². The van der Waals surface area contributed by atoms with Gasteiger partial charge in [-0.2, -0.15) is 0 Å². The molecule has 0 saturated carbocycles. The Kier molecular flexibility index (Phi) is 7.79. The number of hydrogen-bond donors (Lipinski definition) is 1. The van der Waals surface area contributed by atoms with Crippen molar-refractivity contribution in [3.8, 4) is 11.5 Å². The molecule has 1 heterocycles. The van der Waals surface area contributed by atoms with Crippen LogP contribution < -0.4 is 19.7 Å². The topological polar surface area (TPSA) is 50.8 Å². The van der Waals surface area contributed by atoms with Gasteiger partial charge in [-0.15, -0.1) is 0 Å². The van der Waals surface area contributed by atoms with E-state index >= 15 is 0 Å². The number of amides is 1. The van der Waals surface area contributed by atoms with Gasteiger partial charge in [-0.3, -0.25) is 4.79 Å². The summed E-state index contributed by atoms with van der Waals surface area (Å²) < 4.78 is 10.7. The smallest absolute Gasteiger partial charge is 0.220 e. The molecule has 2 aromatic carbocycles. The van der Waals surface area contributed by atoms with Crippen LogP contribution in [0.5, 0.6) is 11.5 Å². The van der Waals surface area contributed by atoms with Crippen LogP contribution in [0.2, 0.25) is 0 Å². The molecule has 0 radical (unpaired) electrons. The van der Waals surface area contributed by atoms with Crippen molar-refractivity contribution >= 4 is 11.6 Å². The number of piperidine rings is 1. The van der Waals surface area contributed by atoms with Crippen LogP contribution in [0.3, 0.4) is 0 Å². The highest BCUT2D eigenvalue weighted by Gasteiger charge is 2.12. The molecule has 5 nitrogen and oxygen atoms in total. The Balaban J connectivity index is 1.42. The largest absolute Gasteiger partial charge is 0.493 e. The maximum atomic E-state index is 12.2. The van der Waals surface area contributed by atoms with Gasteiger partial charge in [0, 0.05) is 31.7 Å². The lowest BCUT2D eigenvalue weighted by molar-refractivity contribution is -0.121. The van der Waals surface area contributed by atoms with Crippen LogP contribution in [-0.4, -0.2) is 39.8 Å². The summed E-state index contributed by atoms with van der Waals surface area (Å²) in [5.41, 5.74) is 3.54. The van der Waals surface area contributed by atoms with Crippen LogP contribution in [0, 0.1) is 0 Å². The number of rotatable bonds is 9. The monoisotopic (exact) mass is 396 g/mol. The standard InChI is InChI=1S/C24H32N2O3/c1-28-22-8-6-7-20(24(22)29-2)11-14-23(27)25-16-15-19-9-12-21(13-10-19)26-17-4-3-5-18-26/h6-10,12-13H,3-5,11,14-18H2,1-2H3,(H,25,27). The second kappa shape index (κ2) is 10.7. The normalized spacial score (nSPS) is 13.8. The summed E-state index contributed by atoms with van der Waals surface area (Å²) in [6.07, 6.45) is 5.81. The quantitative estimate of drug-likeness (QED) is 0.696. The van der Waals surface area contributed by atoms with Crippen molar-refractivity contribution in [2.24, 2.45) is 0 Å². The zero-order valence-corrected chi connectivity index (χ0v) is 17.6. The number of aryl methyl sites for hydroxylation is 1. The summed E-state index contributed by atoms with van der Waals surface area (Å²) in [6, 6.07) is 14.5. The van der Waals surface area contributed by atoms with Crippen molar-refractivity contribution in [3.63, 3.8) is 0 Å². The minimum Gasteiger partial charge on any atom is -0.493 e. The third kappa shape index (κ3) is 5.89. The lowest BCUT2D eigenvalue weighted by Gasteiger charge is -2.28. The van der Waals surface area contributed by atoms with Crippen molar-refractivity contribution in [2.45, 2.75) is 38.5 Å². The molecule has 3 rings (SSSR count). The molecule has 1 saturated heterocycles. The molecule has 1 aliphatic rings. The number of carbonyl (C=O) groups excluding carboxylic acids is 1. The Hall–Kier alpha value is -2.69. The van der Waals surface area contributed by atoms with E-state index in [2.05, 4.69) is 34.5 Å². The lowest BCUT2D eigenvalue weighted by atomic mass is 10.1. The fourth-order valence-electron chi connectivity index (χ4n) is 3.86. The van der Waals surface area contributed by atoms with Crippen molar-refractivity contribution in [1.82, 2.24) is 5.32 Å². The van der Waals surface area contributed by atoms with E-state index in [-0.39, 0.29) is 5.91 Å². The van der Waals surface area contributed by atoms with E-state index in [4.69, 9.17) is 9.47 Å². The summed E-state index contributed by atoms with van der Waals surface area (Å²) in [5, 5.41) is 3.02. The van der Waals surface area contributed by atoms with Gasteiger partial charge in [-0.05, 0) is 61.4 Å². The first-order valence-electron chi connectivity index (χ1n) is 10.5. The van der Waals surface area contributed by atoms with E-state index in [0.717, 1.165) is 25.1 Å². The fourth-order valence-corrected chi connectivity index (χ4v) is 3.86. The summed E-state index contributed by atoms with van der Waals surface area (Å²) in [6.45, 7) is 2.97. The molecule has 156 valence electrons. The van der Waals surface area contributed by atoms with Crippen LogP contribution >= 0.6 is 0 Å². The summed E-state index contributed by atoms with van der Waals surface area (Å²) in [5.74, 6) is 1.45. The number of nitrogens with one attached hydrogen (secondary N) is 1. The van der Waals surface area contributed by atoms with Crippen molar-refractivity contribution in [2.75, 3.05) is 38.8 Å². The maximum absolute atomic E-state index is 12.2. The number of methoxy groups -OCH3 is 2. The molecular formula is C24H32N2O3. The molecule has 0 aromatic heterocycles. The molecule has 0 atom stereocenters. The summed E-state index contributed by atoms with van der Waals surface area (Å²) >= 11 is 0. The van der Waals surface area contributed by atoms with E-state index in [1.165, 1.54) is 30.5 Å². The van der Waals surface area contributed by atoms with Crippen LogP contribution in [-0.2, 0) is 17.6 Å². The third-order valence-electron chi connectivity index (χ3n) is 5.50. The van der Waals surface area contributed by atoms with Crippen LogP contribution in [0.1, 0.15) is 36.8 Å². The Morgan fingerprint density at radius 1 is 0.966 bits per heavy atom. The Labute approximate surface area is 174 Å². The molecular weight excluding hydrogens is 364 g/mol. The van der Waals surface area contributed by atoms with Gasteiger partial charge < -0.3 is 19.7 Å². The predicted molar refractivity (Wildman–Crippen MR) is 117 cm³/mol. The van der Waals surface area contributed by atoms with E-state index in [0.29, 0.717) is 30.9 Å². The van der Waals surface area contributed by atoms with E-state index in [1.807, 2.05) is 18.2 Å². The number of ether oxygens (including phenoxy) is 2. The van der Waals surface area contributed by atoms with Gasteiger partial charge in [0.15, 0.2) is 11.5 Å². The van der Waals surface area contributed by atoms with Gasteiger partial charge in [0.2, 0.25) is 5.91 Å². The third-order valence-corrected chi connectivity index (χ3v) is 5.50. The number of para-hydroxylation sites is 1. The molecule has 0 aliphatic carbocycles. The second-order valence-corrected chi connectivity index (χ2v) is 7.47. The Morgan fingerprint density at radius 3 is 2.41 bits per heavy atom. The average molecular weight is 397 g/mol. The molecule has 2 aromatic rings. The number of benzene rings is 2. The van der Waals surface area contributed by atoms with E-state index < -0.39 is 0 Å². The second-order valence-electron chi connectivity index (χ2n) is 7.47. The molecule has 1 N–H and O–H groups in total. The van der Waals surface area contributed by atoms with Crippen molar-refractivity contribution in [3.05, 3.63) is 53.6 Å². The summed E-state index contributed by atoms with van der Waals surface area (Å²) in [4.78, 5) is 14.7. The van der Waals surface area contributed by atoms with Gasteiger partial charge in [-0.1, -0.05) is 24.3 Å². The van der Waals surface area contributed by atoms with E-state index in [1.54, 1.807) is 14.2 Å². The SMILES string of the molecule is COc1cccc(CCC(=O)NCCc2ccc(N3CCCCC3)cc2)c1OC. The first kappa shape index (κ1) is 21.0. The highest BCUT2D eigenvalue weighted by molar-refractivity contribution is 5.76. The maximum Gasteiger partial charge on any atom is 0.220 e. The number of nitrogens with zero attached hydrogens (tertiary/aromatic N) is 1. The number of hydrogen-bond acceptors (Lipinski definition) is 4. The van der Waals surface area contributed by atoms with Crippen molar-refractivity contribution in [1.29, 1.82) is 0 Å². The number of anilines is 1. The Bertz CT molecular complexity index is 783. The van der Waals surface area contributed by atoms with Crippen molar-refractivity contribution < 1.29 is 14.3 Å². The zero-order valence-electron chi connectivity index (χ0n) is 17.6. The van der Waals surface area contributed by atoms with Gasteiger partial charge in [0.25, 0.3) is 0 Å². The number of carbonyl (C=O) groups is 1. The van der Waals surface area contributed by atoms with Gasteiger partial charge in [-0.25, -0.2) is 0 Å². The minimum absolute atomic E-state index is 0.0554. The molecule has 29 heavy (non-hydrogen) atoms. The van der Waals surface area contributed by atoms with Crippen LogP contribution in [0.4, 0.5) is 5.69 Å². The molecule has 0 unspecified atom stereocenters. The molecule has 1 aliphatic heterocycles. The average Bonchev–Trinajstić information content (AvgIpc) is 2.78. The molecule has 1 fully saturated rings. The first-order chi connectivity index (χ1) is 14.2. The van der Waals surface area contributed by atoms with Gasteiger partial charge >= 0.3 is 0 Å². The first-order valence-corrected chi connectivity index (χ1v) is 10.5. The van der Waals surface area contributed by atoms with Crippen LogP contribution in [0.15, 0.2) is 42.5 Å². The van der Waals surface area contributed by atoms with Gasteiger partial charge in [0.1, 0.15) is 0 Å². The minimum atomic E-state index is 0.0554. The molecule has 5 heteroatoms. The van der Waals surface area contributed by atoms with Gasteiger partial charge in [0.05, 0.1) is 14.2 Å². The van der Waals surface area contributed by atoms with E-state index in [9.17, 15) is 4.79 Å². The molecule has 0 spiro atoms. The highest BCUT2D eigenvalue weighted by atomic mass is 16.5. The molecule has 1 amide bonds. The lowest BCUT2D eigenvalue weighted by Crippen LogP contribution is -2.29. The summed E-state index contributed by atoms with van der Waals surface area (Å²) in [7, 11) is 3.24. The zero-order chi connectivity index (χ0) is 20.5. The predicted octanol–water partition coefficient (Wildman–Crippen LogP) is 3.99. The molecule has 0 bridgehead atoms. The Morgan fingerprint density at radius 2 is 1.72 bits per heavy atom. The highest BCUT2D eigenvalue weighted by Crippen LogP contribution is 2.31.